The molecule has 2 unspecified atom stereocenters. The Morgan fingerprint density at radius 3 is 1.25 bits per heavy atom. The summed E-state index contributed by atoms with van der Waals surface area (Å²) in [7, 11) is 0. The number of aliphatic hydroxyl groups excluding tert-OH is 3. The summed E-state index contributed by atoms with van der Waals surface area (Å²) in [5.41, 5.74) is 3.55. The van der Waals surface area contributed by atoms with E-state index in [9.17, 15) is 29.1 Å². The van der Waals surface area contributed by atoms with Gasteiger partial charge in [-0.15, -0.1) is 0 Å². The van der Waals surface area contributed by atoms with Crippen LogP contribution < -0.4 is 0 Å². The van der Waals surface area contributed by atoms with E-state index in [1.807, 2.05) is 113 Å². The molecule has 0 aliphatic carbocycles. The largest absolute Gasteiger partial charge is 0.508 e. The first-order valence-electron chi connectivity index (χ1n) is 23.8. The molecular formula is C58H76O10. The highest BCUT2D eigenvalue weighted by Gasteiger charge is 2.10. The van der Waals surface area contributed by atoms with Crippen molar-refractivity contribution in [2.45, 2.75) is 131 Å². The number of aromatic hydroxyl groups is 2. The van der Waals surface area contributed by atoms with E-state index >= 15 is 0 Å². The normalized spacial score (nSPS) is 11.2. The number of hydrogen-bond donors (Lipinski definition) is 5. The summed E-state index contributed by atoms with van der Waals surface area (Å²) < 4.78 is 0. The Balaban J connectivity index is 0.000000425. The first kappa shape index (κ1) is 59.9. The maximum atomic E-state index is 11.6. The highest BCUT2D eigenvalue weighted by Crippen LogP contribution is 2.16. The van der Waals surface area contributed by atoms with Crippen molar-refractivity contribution in [2.75, 3.05) is 6.61 Å². The van der Waals surface area contributed by atoms with E-state index in [1.54, 1.807) is 49.4 Å². The van der Waals surface area contributed by atoms with Gasteiger partial charge in [0.1, 0.15) is 11.5 Å². The summed E-state index contributed by atoms with van der Waals surface area (Å²) in [6.45, 7) is 11.9. The number of phenolic OH excluding ortho intramolecular Hbond substituents is 2. The van der Waals surface area contributed by atoms with Crippen molar-refractivity contribution in [2.24, 2.45) is 11.8 Å². The maximum Gasteiger partial charge on any atom is 0.163 e. The molecule has 0 aromatic heterocycles. The number of Topliss-reactive ketones (excluding diaryl/α,β-unsaturated/α-hetero) is 5. The SMILES string of the molecule is CC(C)CC(=O)c1ccc(O)cc1.CC(C)CC(=O)c1cccc(O)c1.CC(O)CCCC(=O)c1ccccc1.CCC(O)CCC(=O)c1ccccc1.O=C(CCCCCO)c1ccccc1. The van der Waals surface area contributed by atoms with Gasteiger partial charge in [0.2, 0.25) is 0 Å². The van der Waals surface area contributed by atoms with E-state index in [4.69, 9.17) is 20.4 Å². The average Bonchev–Trinajstić information content (AvgIpc) is 3.33. The fourth-order valence-corrected chi connectivity index (χ4v) is 6.24. The number of ketones is 5. The van der Waals surface area contributed by atoms with Crippen LogP contribution >= 0.6 is 0 Å². The van der Waals surface area contributed by atoms with Crippen molar-refractivity contribution in [1.82, 2.24) is 0 Å². The summed E-state index contributed by atoms with van der Waals surface area (Å²) in [5, 5.41) is 45.0. The van der Waals surface area contributed by atoms with Crippen molar-refractivity contribution >= 4 is 28.9 Å². The molecule has 5 rings (SSSR count). The van der Waals surface area contributed by atoms with E-state index in [2.05, 4.69) is 0 Å². The molecule has 0 aliphatic rings. The van der Waals surface area contributed by atoms with E-state index in [-0.39, 0.29) is 59.2 Å². The first-order valence-corrected chi connectivity index (χ1v) is 23.8. The van der Waals surface area contributed by atoms with Gasteiger partial charge in [-0.1, -0.05) is 144 Å². The lowest BCUT2D eigenvalue weighted by molar-refractivity contribution is 0.0934. The molecular weight excluding hydrogens is 857 g/mol. The smallest absolute Gasteiger partial charge is 0.163 e. The highest BCUT2D eigenvalue weighted by atomic mass is 16.3. The summed E-state index contributed by atoms with van der Waals surface area (Å²) in [6, 6.07) is 40.7. The summed E-state index contributed by atoms with van der Waals surface area (Å²) >= 11 is 0. The minimum atomic E-state index is -0.345. The molecule has 5 aromatic rings. The first-order chi connectivity index (χ1) is 32.5. The second kappa shape index (κ2) is 36.0. The molecule has 0 bridgehead atoms. The zero-order chi connectivity index (χ0) is 50.7. The van der Waals surface area contributed by atoms with Crippen molar-refractivity contribution in [3.8, 4) is 11.5 Å². The van der Waals surface area contributed by atoms with Crippen LogP contribution in [0.1, 0.15) is 170 Å². The number of benzene rings is 5. The number of phenols is 2. The standard InChI is InChI=1S/3C12H16O2.2C11H14O2/c1-10(13)6-5-9-12(14)11-7-3-2-4-8-11;13-10-6-2-5-9-12(14)11-7-3-1-4-8-11;1-2-11(13)8-9-12(14)10-6-4-3-5-7-10;1-8(2)7-11(13)9-3-5-10(12)6-4-9;1-8(2)6-11(13)9-4-3-5-10(12)7-9/h2-4,7-8,10,13H,5-6,9H2,1H3;1,3-4,7-8,13H,2,5-6,9-10H2;3-7,11,13H,2,8-9H2,1H3;3-6,8,12H,7H2,1-2H3;3-5,7-8,12H,6H2,1-2H3. The van der Waals surface area contributed by atoms with Crippen molar-refractivity contribution in [1.29, 1.82) is 0 Å². The van der Waals surface area contributed by atoms with Gasteiger partial charge in [0.25, 0.3) is 0 Å². The van der Waals surface area contributed by atoms with Gasteiger partial charge in [-0.05, 0) is 93.7 Å². The van der Waals surface area contributed by atoms with Crippen LogP contribution in [0.15, 0.2) is 140 Å². The van der Waals surface area contributed by atoms with Gasteiger partial charge in [0.05, 0.1) is 12.2 Å². The highest BCUT2D eigenvalue weighted by molar-refractivity contribution is 5.98. The van der Waals surface area contributed by atoms with Crippen LogP contribution in [0.5, 0.6) is 11.5 Å². The molecule has 368 valence electrons. The quantitative estimate of drug-likeness (QED) is 0.0330. The van der Waals surface area contributed by atoms with Gasteiger partial charge in [0.15, 0.2) is 28.9 Å². The van der Waals surface area contributed by atoms with Crippen molar-refractivity contribution in [3.63, 3.8) is 0 Å². The molecule has 5 N–H and O–H groups in total. The van der Waals surface area contributed by atoms with Crippen LogP contribution in [0.25, 0.3) is 0 Å². The summed E-state index contributed by atoms with van der Waals surface area (Å²) in [5.74, 6) is 1.76. The Labute approximate surface area is 405 Å². The second-order valence-electron chi connectivity index (χ2n) is 17.4. The third-order valence-electron chi connectivity index (χ3n) is 10.1. The predicted octanol–water partition coefficient (Wildman–Crippen LogP) is 12.5. The fraction of sp³-hybridized carbons (Fsp3) is 0.397. The zero-order valence-corrected chi connectivity index (χ0v) is 41.1. The third-order valence-corrected chi connectivity index (χ3v) is 10.1. The fourth-order valence-electron chi connectivity index (χ4n) is 6.24. The van der Waals surface area contributed by atoms with Crippen LogP contribution in [-0.4, -0.2) is 73.3 Å². The van der Waals surface area contributed by atoms with E-state index < -0.39 is 0 Å². The molecule has 0 saturated heterocycles. The molecule has 0 aliphatic heterocycles. The minimum absolute atomic E-state index is 0.0888. The molecule has 0 saturated carbocycles. The number of unbranched alkanes of at least 4 members (excludes halogenated alkanes) is 2. The third kappa shape index (κ3) is 28.9. The van der Waals surface area contributed by atoms with Crippen LogP contribution in [0.3, 0.4) is 0 Å². The molecule has 0 heterocycles. The average molecular weight is 933 g/mol. The lowest BCUT2D eigenvalue weighted by Gasteiger charge is -2.06. The van der Waals surface area contributed by atoms with Crippen molar-refractivity contribution in [3.05, 3.63) is 167 Å². The lowest BCUT2D eigenvalue weighted by Crippen LogP contribution is -2.08. The number of aliphatic hydroxyl groups is 3. The maximum absolute atomic E-state index is 11.6. The minimum Gasteiger partial charge on any atom is -0.508 e. The van der Waals surface area contributed by atoms with E-state index in [0.717, 1.165) is 42.4 Å². The van der Waals surface area contributed by atoms with Gasteiger partial charge in [-0.3, -0.25) is 24.0 Å². The molecule has 0 radical (unpaired) electrons. The topological polar surface area (TPSA) is 186 Å². The van der Waals surface area contributed by atoms with Gasteiger partial charge in [0, 0.05) is 66.5 Å². The lowest BCUT2D eigenvalue weighted by atomic mass is 10.0. The van der Waals surface area contributed by atoms with Crippen LogP contribution in [0.4, 0.5) is 0 Å². The van der Waals surface area contributed by atoms with E-state index in [0.29, 0.717) is 74.3 Å². The van der Waals surface area contributed by atoms with Crippen molar-refractivity contribution < 1.29 is 49.5 Å². The van der Waals surface area contributed by atoms with E-state index in [1.165, 1.54) is 18.2 Å². The van der Waals surface area contributed by atoms with Gasteiger partial charge >= 0.3 is 0 Å². The van der Waals surface area contributed by atoms with Gasteiger partial charge in [-0.25, -0.2) is 0 Å². The predicted molar refractivity (Wildman–Crippen MR) is 273 cm³/mol. The molecule has 0 spiro atoms. The number of hydrogen-bond acceptors (Lipinski definition) is 10. The molecule has 0 fully saturated rings. The van der Waals surface area contributed by atoms with Crippen LogP contribution in [-0.2, 0) is 0 Å². The number of carbonyl (C=O) groups excluding carboxylic acids is 5. The summed E-state index contributed by atoms with van der Waals surface area (Å²) in [4.78, 5) is 57.6. The monoisotopic (exact) mass is 933 g/mol. The Morgan fingerprint density at radius 2 is 0.838 bits per heavy atom. The number of carbonyl (C=O) groups is 5. The van der Waals surface area contributed by atoms with Gasteiger partial charge < -0.3 is 25.5 Å². The molecule has 68 heavy (non-hydrogen) atoms. The zero-order valence-electron chi connectivity index (χ0n) is 41.1. The van der Waals surface area contributed by atoms with Crippen LogP contribution in [0, 0.1) is 11.8 Å². The molecule has 10 heteroatoms. The Kier molecular flexibility index (Phi) is 31.8. The second-order valence-corrected chi connectivity index (χ2v) is 17.4. The Morgan fingerprint density at radius 1 is 0.426 bits per heavy atom. The van der Waals surface area contributed by atoms with Gasteiger partial charge in [-0.2, -0.15) is 0 Å². The molecule has 0 amide bonds. The Hall–Kier alpha value is -6.07. The summed E-state index contributed by atoms with van der Waals surface area (Å²) in [6.07, 6.45) is 7.29. The Bertz CT molecular complexity index is 2130. The van der Waals surface area contributed by atoms with Crippen LogP contribution in [0.2, 0.25) is 0 Å². The molecule has 5 aromatic carbocycles. The molecule has 10 nitrogen and oxygen atoms in total. The number of rotatable bonds is 22. The molecule has 2 atom stereocenters.